The fraction of sp³-hybridized carbons (Fsp3) is 0.0833. The SMILES string of the molecule is COc1cc(/C=N\NC(=O)CNC(=O)c2ccc(Cl)cc2)ccc1OC(=O)c1ccccc1. The standard InChI is InChI=1S/C24H20ClN3O5/c1-32-21-13-16(7-12-20(21)33-24(31)18-5-3-2-4-6-18)14-27-28-22(29)15-26-23(30)17-8-10-19(25)11-9-17/h2-14H,15H2,1H3,(H,26,30)(H,28,29)/b27-14-. The van der Waals surface area contributed by atoms with Gasteiger partial charge in [0.1, 0.15) is 0 Å². The number of amides is 2. The van der Waals surface area contributed by atoms with Crippen molar-refractivity contribution in [2.24, 2.45) is 5.10 Å². The molecule has 0 aliphatic heterocycles. The molecule has 0 aromatic heterocycles. The highest BCUT2D eigenvalue weighted by atomic mass is 35.5. The van der Waals surface area contributed by atoms with E-state index in [1.54, 1.807) is 72.8 Å². The zero-order valence-corrected chi connectivity index (χ0v) is 18.3. The molecule has 0 spiro atoms. The minimum absolute atomic E-state index is 0.248. The van der Waals surface area contributed by atoms with E-state index in [9.17, 15) is 14.4 Å². The van der Waals surface area contributed by atoms with Gasteiger partial charge in [-0.05, 0) is 60.2 Å². The topological polar surface area (TPSA) is 106 Å². The van der Waals surface area contributed by atoms with Gasteiger partial charge >= 0.3 is 5.97 Å². The van der Waals surface area contributed by atoms with Crippen LogP contribution in [0.3, 0.4) is 0 Å². The van der Waals surface area contributed by atoms with Crippen molar-refractivity contribution in [3.8, 4) is 11.5 Å². The molecule has 0 aliphatic rings. The van der Waals surface area contributed by atoms with Gasteiger partial charge in [0, 0.05) is 10.6 Å². The highest BCUT2D eigenvalue weighted by Gasteiger charge is 2.12. The maximum atomic E-state index is 12.2. The lowest BCUT2D eigenvalue weighted by Gasteiger charge is -2.10. The third kappa shape index (κ3) is 6.91. The van der Waals surface area contributed by atoms with Crippen LogP contribution in [0.2, 0.25) is 5.02 Å². The summed E-state index contributed by atoms with van der Waals surface area (Å²) >= 11 is 5.79. The Morgan fingerprint density at radius 1 is 0.939 bits per heavy atom. The van der Waals surface area contributed by atoms with Gasteiger partial charge in [0.15, 0.2) is 11.5 Å². The lowest BCUT2D eigenvalue weighted by Crippen LogP contribution is -2.34. The van der Waals surface area contributed by atoms with Crippen LogP contribution in [0.4, 0.5) is 0 Å². The third-order valence-electron chi connectivity index (χ3n) is 4.32. The van der Waals surface area contributed by atoms with Crippen LogP contribution in [0, 0.1) is 0 Å². The molecule has 0 saturated carbocycles. The van der Waals surface area contributed by atoms with Crippen molar-refractivity contribution >= 4 is 35.6 Å². The molecule has 3 rings (SSSR count). The average Bonchev–Trinajstić information content (AvgIpc) is 2.84. The van der Waals surface area contributed by atoms with Crippen LogP contribution in [0.1, 0.15) is 26.3 Å². The Morgan fingerprint density at radius 3 is 2.36 bits per heavy atom. The summed E-state index contributed by atoms with van der Waals surface area (Å²) in [6.45, 7) is -0.253. The summed E-state index contributed by atoms with van der Waals surface area (Å²) in [6.07, 6.45) is 1.39. The lowest BCUT2D eigenvalue weighted by molar-refractivity contribution is -0.120. The number of benzene rings is 3. The monoisotopic (exact) mass is 465 g/mol. The van der Waals surface area contributed by atoms with Crippen LogP contribution in [0.25, 0.3) is 0 Å². The summed E-state index contributed by atoms with van der Waals surface area (Å²) < 4.78 is 10.7. The quantitative estimate of drug-likeness (QED) is 0.229. The van der Waals surface area contributed by atoms with E-state index in [1.807, 2.05) is 0 Å². The van der Waals surface area contributed by atoms with Gasteiger partial charge in [-0.1, -0.05) is 29.8 Å². The second-order valence-corrected chi connectivity index (χ2v) is 7.09. The predicted octanol–water partition coefficient (Wildman–Crippen LogP) is 3.45. The zero-order chi connectivity index (χ0) is 23.6. The van der Waals surface area contributed by atoms with Crippen molar-refractivity contribution in [2.45, 2.75) is 0 Å². The number of halogens is 1. The molecule has 168 valence electrons. The van der Waals surface area contributed by atoms with Crippen LogP contribution in [0.5, 0.6) is 11.5 Å². The van der Waals surface area contributed by atoms with Crippen LogP contribution < -0.4 is 20.2 Å². The minimum Gasteiger partial charge on any atom is -0.493 e. The average molecular weight is 466 g/mol. The highest BCUT2D eigenvalue weighted by Crippen LogP contribution is 2.28. The van der Waals surface area contributed by atoms with Crippen molar-refractivity contribution in [1.29, 1.82) is 0 Å². The van der Waals surface area contributed by atoms with E-state index in [0.717, 1.165) is 0 Å². The molecule has 8 nitrogen and oxygen atoms in total. The van der Waals surface area contributed by atoms with Crippen LogP contribution in [-0.2, 0) is 4.79 Å². The van der Waals surface area contributed by atoms with E-state index in [1.165, 1.54) is 13.3 Å². The number of ether oxygens (including phenoxy) is 2. The molecule has 0 heterocycles. The minimum atomic E-state index is -0.511. The first-order valence-corrected chi connectivity index (χ1v) is 10.1. The molecular weight excluding hydrogens is 446 g/mol. The molecule has 3 aromatic carbocycles. The lowest BCUT2D eigenvalue weighted by atomic mass is 10.2. The fourth-order valence-electron chi connectivity index (χ4n) is 2.66. The van der Waals surface area contributed by atoms with Gasteiger partial charge in [0.2, 0.25) is 0 Å². The van der Waals surface area contributed by atoms with E-state index in [2.05, 4.69) is 15.8 Å². The van der Waals surface area contributed by atoms with Crippen molar-refractivity contribution in [1.82, 2.24) is 10.7 Å². The second kappa shape index (κ2) is 11.4. The summed E-state index contributed by atoms with van der Waals surface area (Å²) in [5, 5.41) is 6.86. The Morgan fingerprint density at radius 2 is 1.67 bits per heavy atom. The maximum Gasteiger partial charge on any atom is 0.343 e. The molecule has 0 atom stereocenters. The molecule has 0 aliphatic carbocycles. The molecule has 0 radical (unpaired) electrons. The van der Waals surface area contributed by atoms with Crippen LogP contribution >= 0.6 is 11.6 Å². The molecule has 3 aromatic rings. The van der Waals surface area contributed by atoms with E-state index in [0.29, 0.717) is 27.5 Å². The van der Waals surface area contributed by atoms with Gasteiger partial charge in [-0.25, -0.2) is 10.2 Å². The normalized spacial score (nSPS) is 10.5. The number of carbonyl (C=O) groups is 3. The van der Waals surface area contributed by atoms with Crippen LogP contribution in [-0.4, -0.2) is 37.7 Å². The van der Waals surface area contributed by atoms with Crippen molar-refractivity contribution in [3.05, 3.63) is 94.5 Å². The van der Waals surface area contributed by atoms with Gasteiger partial charge in [0.25, 0.3) is 11.8 Å². The van der Waals surface area contributed by atoms with Gasteiger partial charge in [-0.3, -0.25) is 9.59 Å². The molecule has 0 saturated heterocycles. The number of hydrogen-bond acceptors (Lipinski definition) is 6. The van der Waals surface area contributed by atoms with E-state index < -0.39 is 17.8 Å². The van der Waals surface area contributed by atoms with Crippen molar-refractivity contribution in [2.75, 3.05) is 13.7 Å². The molecule has 0 unspecified atom stereocenters. The summed E-state index contributed by atoms with van der Waals surface area (Å²) in [7, 11) is 1.45. The summed E-state index contributed by atoms with van der Waals surface area (Å²) in [5.41, 5.74) is 3.71. The molecule has 33 heavy (non-hydrogen) atoms. The molecule has 0 bridgehead atoms. The maximum absolute atomic E-state index is 12.2. The molecule has 2 N–H and O–H groups in total. The first kappa shape index (κ1) is 23.5. The van der Waals surface area contributed by atoms with Gasteiger partial charge in [0.05, 0.1) is 25.4 Å². The largest absolute Gasteiger partial charge is 0.493 e. The number of nitrogens with one attached hydrogen (secondary N) is 2. The molecule has 2 amide bonds. The fourth-order valence-corrected chi connectivity index (χ4v) is 2.79. The smallest absolute Gasteiger partial charge is 0.343 e. The second-order valence-electron chi connectivity index (χ2n) is 6.65. The number of nitrogens with zero attached hydrogens (tertiary/aromatic N) is 1. The highest BCUT2D eigenvalue weighted by molar-refractivity contribution is 6.30. The van der Waals surface area contributed by atoms with E-state index in [-0.39, 0.29) is 12.3 Å². The van der Waals surface area contributed by atoms with Crippen LogP contribution in [0.15, 0.2) is 77.9 Å². The Kier molecular flexibility index (Phi) is 8.15. The summed E-state index contributed by atoms with van der Waals surface area (Å²) in [5.74, 6) is -0.851. The summed E-state index contributed by atoms with van der Waals surface area (Å²) in [6, 6.07) is 19.7. The third-order valence-corrected chi connectivity index (χ3v) is 4.57. The van der Waals surface area contributed by atoms with Gasteiger partial charge in [-0.2, -0.15) is 5.10 Å². The molecular formula is C24H20ClN3O5. The number of hydrogen-bond donors (Lipinski definition) is 2. The van der Waals surface area contributed by atoms with Gasteiger partial charge < -0.3 is 14.8 Å². The Labute approximate surface area is 195 Å². The number of esters is 1. The Bertz CT molecular complexity index is 1160. The molecule has 9 heteroatoms. The van der Waals surface area contributed by atoms with Gasteiger partial charge in [-0.15, -0.1) is 0 Å². The number of hydrazone groups is 1. The number of methoxy groups -OCH3 is 1. The Hall–Kier alpha value is -4.17. The molecule has 0 fully saturated rings. The number of carbonyl (C=O) groups excluding carboxylic acids is 3. The first-order chi connectivity index (χ1) is 16.0. The van der Waals surface area contributed by atoms with Crippen molar-refractivity contribution < 1.29 is 23.9 Å². The van der Waals surface area contributed by atoms with Crippen molar-refractivity contribution in [3.63, 3.8) is 0 Å². The first-order valence-electron chi connectivity index (χ1n) is 9.77. The van der Waals surface area contributed by atoms with E-state index in [4.69, 9.17) is 21.1 Å². The zero-order valence-electron chi connectivity index (χ0n) is 17.6. The van der Waals surface area contributed by atoms with E-state index >= 15 is 0 Å². The predicted molar refractivity (Wildman–Crippen MR) is 124 cm³/mol. The Balaban J connectivity index is 1.53. The summed E-state index contributed by atoms with van der Waals surface area (Å²) in [4.78, 5) is 36.2. The number of rotatable bonds is 8.